The smallest absolute Gasteiger partial charge is 0.168 e. The summed E-state index contributed by atoms with van der Waals surface area (Å²) < 4.78 is 1.91. The van der Waals surface area contributed by atoms with Gasteiger partial charge < -0.3 is 9.67 Å². The van der Waals surface area contributed by atoms with Crippen LogP contribution in [0.15, 0.2) is 16.7 Å². The van der Waals surface area contributed by atoms with Crippen LogP contribution < -0.4 is 0 Å². The Morgan fingerprint density at radius 1 is 1.53 bits per heavy atom. The molecular weight excluding hydrogens is 254 g/mol. The summed E-state index contributed by atoms with van der Waals surface area (Å²) in [7, 11) is 1.92. The van der Waals surface area contributed by atoms with Crippen molar-refractivity contribution in [3.63, 3.8) is 0 Å². The van der Waals surface area contributed by atoms with Gasteiger partial charge in [0, 0.05) is 18.2 Å². The Bertz CT molecular complexity index is 493. The highest BCUT2D eigenvalue weighted by molar-refractivity contribution is 7.98. The van der Waals surface area contributed by atoms with Gasteiger partial charge in [-0.25, -0.2) is 9.97 Å². The average molecular weight is 269 g/mol. The Morgan fingerprint density at radius 3 is 2.94 bits per heavy atom. The predicted octanol–water partition coefficient (Wildman–Crippen LogP) is 2.22. The molecule has 4 nitrogen and oxygen atoms in total. The van der Waals surface area contributed by atoms with Crippen LogP contribution in [-0.4, -0.2) is 19.6 Å². The van der Waals surface area contributed by atoms with Crippen molar-refractivity contribution < 1.29 is 5.11 Å². The fourth-order valence-electron chi connectivity index (χ4n) is 1.42. The lowest BCUT2D eigenvalue weighted by molar-refractivity contribution is 0.271. The molecule has 0 atom stereocenters. The molecule has 2 rings (SSSR count). The molecule has 2 aromatic heterocycles. The van der Waals surface area contributed by atoms with Gasteiger partial charge in [0.05, 0.1) is 29.2 Å². The maximum Gasteiger partial charge on any atom is 0.168 e. The van der Waals surface area contributed by atoms with Crippen molar-refractivity contribution in [2.75, 3.05) is 0 Å². The molecule has 2 aromatic rings. The van der Waals surface area contributed by atoms with Gasteiger partial charge in [0.1, 0.15) is 0 Å². The van der Waals surface area contributed by atoms with Gasteiger partial charge in [-0.2, -0.15) is 0 Å². The van der Waals surface area contributed by atoms with E-state index >= 15 is 0 Å². The van der Waals surface area contributed by atoms with E-state index in [4.69, 9.17) is 5.11 Å². The number of nitrogens with zero attached hydrogens (tertiary/aromatic N) is 3. The number of hydrogen-bond acceptors (Lipinski definition) is 5. The topological polar surface area (TPSA) is 50.9 Å². The summed E-state index contributed by atoms with van der Waals surface area (Å²) in [6, 6.07) is 0. The summed E-state index contributed by atoms with van der Waals surface area (Å²) >= 11 is 3.35. The first-order chi connectivity index (χ1) is 8.24. The van der Waals surface area contributed by atoms with Crippen LogP contribution in [0.2, 0.25) is 0 Å². The SMILES string of the molecule is CCc1nc(CSc2ncc(CO)n2C)cs1. The second-order valence-electron chi connectivity index (χ2n) is 3.62. The van der Waals surface area contributed by atoms with E-state index in [1.807, 2.05) is 11.6 Å². The minimum Gasteiger partial charge on any atom is -0.390 e. The zero-order valence-corrected chi connectivity index (χ0v) is 11.5. The van der Waals surface area contributed by atoms with Gasteiger partial charge in [-0.05, 0) is 6.42 Å². The maximum absolute atomic E-state index is 9.07. The van der Waals surface area contributed by atoms with Gasteiger partial charge in [0.15, 0.2) is 5.16 Å². The summed E-state index contributed by atoms with van der Waals surface area (Å²) in [6.45, 7) is 2.14. The molecule has 17 heavy (non-hydrogen) atoms. The standard InChI is InChI=1S/C11H15N3OS2/c1-3-10-13-8(6-16-10)7-17-11-12-4-9(5-15)14(11)2/h4,6,15H,3,5,7H2,1-2H3. The molecule has 0 bridgehead atoms. The summed E-state index contributed by atoms with van der Waals surface area (Å²) in [6.07, 6.45) is 2.70. The van der Waals surface area contributed by atoms with Crippen LogP contribution in [0.25, 0.3) is 0 Å². The summed E-state index contributed by atoms with van der Waals surface area (Å²) in [5, 5.41) is 13.3. The Hall–Kier alpha value is -0.850. The van der Waals surface area contributed by atoms with Gasteiger partial charge >= 0.3 is 0 Å². The van der Waals surface area contributed by atoms with Gasteiger partial charge in [0.25, 0.3) is 0 Å². The normalized spacial score (nSPS) is 11.0. The highest BCUT2D eigenvalue weighted by Crippen LogP contribution is 2.23. The lowest BCUT2D eigenvalue weighted by Gasteiger charge is -2.02. The number of aromatic nitrogens is 3. The molecule has 1 N–H and O–H groups in total. The van der Waals surface area contributed by atoms with Gasteiger partial charge in [-0.1, -0.05) is 18.7 Å². The number of hydrogen-bond donors (Lipinski definition) is 1. The van der Waals surface area contributed by atoms with Crippen molar-refractivity contribution in [3.8, 4) is 0 Å². The van der Waals surface area contributed by atoms with E-state index in [1.165, 1.54) is 5.01 Å². The average Bonchev–Trinajstić information content (AvgIpc) is 2.93. The van der Waals surface area contributed by atoms with Gasteiger partial charge in [-0.15, -0.1) is 11.3 Å². The Morgan fingerprint density at radius 2 is 2.35 bits per heavy atom. The quantitative estimate of drug-likeness (QED) is 0.846. The van der Waals surface area contributed by atoms with Crippen LogP contribution in [0.3, 0.4) is 0 Å². The van der Waals surface area contributed by atoms with E-state index < -0.39 is 0 Å². The van der Waals surface area contributed by atoms with Gasteiger partial charge in [-0.3, -0.25) is 0 Å². The van der Waals surface area contributed by atoms with Crippen LogP contribution in [0.4, 0.5) is 0 Å². The van der Waals surface area contributed by atoms with Crippen molar-refractivity contribution in [1.82, 2.24) is 14.5 Å². The highest BCUT2D eigenvalue weighted by Gasteiger charge is 2.07. The fourth-order valence-corrected chi connectivity index (χ4v) is 3.14. The van der Waals surface area contributed by atoms with Crippen molar-refractivity contribution in [3.05, 3.63) is 28.0 Å². The maximum atomic E-state index is 9.07. The van der Waals surface area contributed by atoms with E-state index in [9.17, 15) is 0 Å². The zero-order chi connectivity index (χ0) is 12.3. The van der Waals surface area contributed by atoms with E-state index in [0.717, 1.165) is 28.7 Å². The number of aliphatic hydroxyl groups is 1. The fraction of sp³-hybridized carbons (Fsp3) is 0.455. The highest BCUT2D eigenvalue weighted by atomic mass is 32.2. The van der Waals surface area contributed by atoms with Crippen LogP contribution in [0, 0.1) is 0 Å². The lowest BCUT2D eigenvalue weighted by atomic mass is 10.5. The van der Waals surface area contributed by atoms with Crippen LogP contribution in [0.1, 0.15) is 23.3 Å². The number of imidazole rings is 1. The van der Waals surface area contributed by atoms with E-state index in [-0.39, 0.29) is 6.61 Å². The summed E-state index contributed by atoms with van der Waals surface area (Å²) in [4.78, 5) is 8.78. The van der Waals surface area contributed by atoms with E-state index in [2.05, 4.69) is 22.3 Å². The van der Waals surface area contributed by atoms with Crippen LogP contribution in [-0.2, 0) is 25.8 Å². The predicted molar refractivity (Wildman–Crippen MR) is 70.2 cm³/mol. The molecule has 2 heterocycles. The van der Waals surface area contributed by atoms with E-state index in [1.54, 1.807) is 29.3 Å². The van der Waals surface area contributed by atoms with Crippen molar-refractivity contribution in [2.45, 2.75) is 30.9 Å². The van der Waals surface area contributed by atoms with Crippen molar-refractivity contribution in [2.24, 2.45) is 7.05 Å². The molecule has 0 saturated carbocycles. The van der Waals surface area contributed by atoms with Crippen LogP contribution in [0.5, 0.6) is 0 Å². The number of thioether (sulfide) groups is 1. The minimum atomic E-state index is 0.0285. The molecule has 0 fully saturated rings. The first-order valence-corrected chi connectivity index (χ1v) is 7.28. The zero-order valence-electron chi connectivity index (χ0n) is 9.88. The number of aryl methyl sites for hydroxylation is 1. The second-order valence-corrected chi connectivity index (χ2v) is 5.51. The third-order valence-electron chi connectivity index (χ3n) is 2.45. The molecule has 0 aliphatic rings. The third kappa shape index (κ3) is 2.88. The van der Waals surface area contributed by atoms with Gasteiger partial charge in [0.2, 0.25) is 0 Å². The molecule has 0 aromatic carbocycles. The van der Waals surface area contributed by atoms with Crippen molar-refractivity contribution in [1.29, 1.82) is 0 Å². The molecule has 0 aliphatic heterocycles. The Balaban J connectivity index is 1.99. The molecule has 0 amide bonds. The Labute approximate surface area is 109 Å². The number of rotatable bonds is 5. The molecule has 0 spiro atoms. The summed E-state index contributed by atoms with van der Waals surface area (Å²) in [5.74, 6) is 0.826. The van der Waals surface area contributed by atoms with Crippen molar-refractivity contribution >= 4 is 23.1 Å². The molecule has 0 saturated heterocycles. The summed E-state index contributed by atoms with van der Waals surface area (Å²) in [5.41, 5.74) is 1.94. The molecule has 0 radical (unpaired) electrons. The third-order valence-corrected chi connectivity index (χ3v) is 4.57. The van der Waals surface area contributed by atoms with Crippen LogP contribution >= 0.6 is 23.1 Å². The van der Waals surface area contributed by atoms with E-state index in [0.29, 0.717) is 0 Å². The first-order valence-electron chi connectivity index (χ1n) is 5.42. The lowest BCUT2D eigenvalue weighted by Crippen LogP contribution is -1.97. The Kier molecular flexibility index (Phi) is 4.20. The first kappa shape index (κ1) is 12.6. The monoisotopic (exact) mass is 269 g/mol. The molecular formula is C11H15N3OS2. The molecule has 0 unspecified atom stereocenters. The molecule has 6 heteroatoms. The largest absolute Gasteiger partial charge is 0.390 e. The number of aliphatic hydroxyl groups excluding tert-OH is 1. The number of thiazole rings is 1. The molecule has 92 valence electrons. The molecule has 0 aliphatic carbocycles. The minimum absolute atomic E-state index is 0.0285. The second kappa shape index (κ2) is 5.66.